The largest absolute Gasteiger partial charge is 0.494 e. The third-order valence-corrected chi connectivity index (χ3v) is 3.96. The second-order valence-electron chi connectivity index (χ2n) is 4.96. The molecule has 108 valence electrons. The molecule has 0 aliphatic carbocycles. The first-order valence-electron chi connectivity index (χ1n) is 6.56. The van der Waals surface area contributed by atoms with Crippen LogP contribution < -0.4 is 9.64 Å². The summed E-state index contributed by atoms with van der Waals surface area (Å²) in [7, 11) is 5.53. The van der Waals surface area contributed by atoms with Crippen molar-refractivity contribution in [3.05, 3.63) is 30.0 Å². The Labute approximate surface area is 127 Å². The highest BCUT2D eigenvalue weighted by Gasteiger charge is 2.14. The van der Waals surface area contributed by atoms with Gasteiger partial charge in [0.2, 0.25) is 5.95 Å². The van der Waals surface area contributed by atoms with Crippen molar-refractivity contribution in [2.45, 2.75) is 6.92 Å². The molecule has 5 nitrogen and oxygen atoms in total. The smallest absolute Gasteiger partial charge is 0.237 e. The fourth-order valence-corrected chi connectivity index (χ4v) is 2.92. The zero-order valence-electron chi connectivity index (χ0n) is 12.4. The zero-order chi connectivity index (χ0) is 15.0. The Hall–Kier alpha value is -2.21. The Kier molecular flexibility index (Phi) is 3.47. The first-order chi connectivity index (χ1) is 10.1. The predicted octanol–water partition coefficient (Wildman–Crippen LogP) is 3.14. The van der Waals surface area contributed by atoms with Crippen LogP contribution in [-0.4, -0.2) is 35.5 Å². The van der Waals surface area contributed by atoms with E-state index in [0.29, 0.717) is 0 Å². The second kappa shape index (κ2) is 5.29. The lowest BCUT2D eigenvalue weighted by atomic mass is 10.1. The summed E-state index contributed by atoms with van der Waals surface area (Å²) < 4.78 is 9.78. The van der Waals surface area contributed by atoms with Gasteiger partial charge in [0.15, 0.2) is 0 Å². The van der Waals surface area contributed by atoms with Crippen LogP contribution in [0.25, 0.3) is 21.5 Å². The number of ether oxygens (including phenoxy) is 1. The monoisotopic (exact) mass is 300 g/mol. The molecule has 0 unspecified atom stereocenters. The topological polar surface area (TPSA) is 51.1 Å². The fraction of sp³-hybridized carbons (Fsp3) is 0.267. The third kappa shape index (κ3) is 2.42. The van der Waals surface area contributed by atoms with Crippen LogP contribution in [0.15, 0.2) is 24.3 Å². The van der Waals surface area contributed by atoms with E-state index in [0.717, 1.165) is 38.9 Å². The van der Waals surface area contributed by atoms with Gasteiger partial charge in [0, 0.05) is 30.7 Å². The van der Waals surface area contributed by atoms with Crippen molar-refractivity contribution < 1.29 is 4.74 Å². The summed E-state index contributed by atoms with van der Waals surface area (Å²) in [6, 6.07) is 8.00. The fourth-order valence-electron chi connectivity index (χ4n) is 2.15. The Balaban J connectivity index is 2.23. The molecule has 0 fully saturated rings. The van der Waals surface area contributed by atoms with Crippen molar-refractivity contribution in [2.24, 2.45) is 0 Å². The standard InChI is InChI=1S/C15H16N4OS/c1-9-5-6-10-11(7-8-12(20-4)13(10)16-9)14-17-15(18-21-14)19(2)3/h5-8H,1-4H3. The van der Waals surface area contributed by atoms with E-state index < -0.39 is 0 Å². The van der Waals surface area contributed by atoms with Crippen LogP contribution in [0.2, 0.25) is 0 Å². The molecule has 0 N–H and O–H groups in total. The highest BCUT2D eigenvalue weighted by molar-refractivity contribution is 7.09. The zero-order valence-corrected chi connectivity index (χ0v) is 13.2. The summed E-state index contributed by atoms with van der Waals surface area (Å²) in [5.74, 6) is 1.49. The molecule has 21 heavy (non-hydrogen) atoms. The summed E-state index contributed by atoms with van der Waals surface area (Å²) in [6.45, 7) is 1.97. The molecular weight excluding hydrogens is 284 g/mol. The lowest BCUT2D eigenvalue weighted by molar-refractivity contribution is 0.419. The van der Waals surface area contributed by atoms with Gasteiger partial charge in [0.1, 0.15) is 16.3 Å². The second-order valence-corrected chi connectivity index (χ2v) is 5.71. The van der Waals surface area contributed by atoms with Crippen molar-refractivity contribution in [1.82, 2.24) is 14.3 Å². The minimum absolute atomic E-state index is 0.721. The lowest BCUT2D eigenvalue weighted by Crippen LogP contribution is -2.09. The summed E-state index contributed by atoms with van der Waals surface area (Å²) in [5.41, 5.74) is 2.85. The minimum atomic E-state index is 0.721. The van der Waals surface area contributed by atoms with Gasteiger partial charge in [-0.15, -0.1) is 0 Å². The molecule has 0 bridgehead atoms. The Morgan fingerprint density at radius 1 is 1.10 bits per heavy atom. The molecular formula is C15H16N4OS. The molecule has 2 aromatic heterocycles. The number of rotatable bonds is 3. The van der Waals surface area contributed by atoms with Crippen LogP contribution in [0.3, 0.4) is 0 Å². The molecule has 0 radical (unpaired) electrons. The number of aryl methyl sites for hydroxylation is 1. The number of hydrogen-bond acceptors (Lipinski definition) is 6. The summed E-state index contributed by atoms with van der Waals surface area (Å²) >= 11 is 1.39. The molecule has 0 spiro atoms. The number of nitrogens with zero attached hydrogens (tertiary/aromatic N) is 4. The van der Waals surface area contributed by atoms with Crippen LogP contribution in [0.5, 0.6) is 5.75 Å². The van der Waals surface area contributed by atoms with Crippen LogP contribution in [0.1, 0.15) is 5.69 Å². The van der Waals surface area contributed by atoms with Gasteiger partial charge in [0.25, 0.3) is 0 Å². The number of aromatic nitrogens is 3. The Morgan fingerprint density at radius 2 is 1.90 bits per heavy atom. The average molecular weight is 300 g/mol. The van der Waals surface area contributed by atoms with Crippen molar-refractivity contribution in [1.29, 1.82) is 0 Å². The molecule has 1 aromatic carbocycles. The van der Waals surface area contributed by atoms with Gasteiger partial charge in [-0.1, -0.05) is 6.07 Å². The van der Waals surface area contributed by atoms with Gasteiger partial charge in [-0.3, -0.25) is 0 Å². The number of fused-ring (bicyclic) bond motifs is 1. The maximum absolute atomic E-state index is 5.41. The molecule has 3 rings (SSSR count). The summed E-state index contributed by atoms with van der Waals surface area (Å²) in [6.07, 6.45) is 0. The number of hydrogen-bond donors (Lipinski definition) is 0. The molecule has 0 amide bonds. The summed E-state index contributed by atoms with van der Waals surface area (Å²) in [5, 5.41) is 1.92. The van der Waals surface area contributed by atoms with Crippen molar-refractivity contribution in [3.63, 3.8) is 0 Å². The maximum Gasteiger partial charge on any atom is 0.237 e. The maximum atomic E-state index is 5.41. The van der Waals surface area contributed by atoms with E-state index >= 15 is 0 Å². The van der Waals surface area contributed by atoms with E-state index in [9.17, 15) is 0 Å². The van der Waals surface area contributed by atoms with Crippen molar-refractivity contribution in [2.75, 3.05) is 26.1 Å². The number of anilines is 1. The number of pyridine rings is 1. The average Bonchev–Trinajstić information content (AvgIpc) is 2.95. The van der Waals surface area contributed by atoms with E-state index in [1.54, 1.807) is 7.11 Å². The number of methoxy groups -OCH3 is 1. The Morgan fingerprint density at radius 3 is 2.57 bits per heavy atom. The highest BCUT2D eigenvalue weighted by atomic mass is 32.1. The van der Waals surface area contributed by atoms with Crippen molar-refractivity contribution >= 4 is 28.4 Å². The Bertz CT molecular complexity index is 797. The molecule has 0 saturated carbocycles. The van der Waals surface area contributed by atoms with Gasteiger partial charge in [-0.2, -0.15) is 9.36 Å². The molecule has 6 heteroatoms. The first-order valence-corrected chi connectivity index (χ1v) is 7.33. The van der Waals surface area contributed by atoms with E-state index in [2.05, 4.69) is 20.4 Å². The minimum Gasteiger partial charge on any atom is -0.494 e. The van der Waals surface area contributed by atoms with E-state index in [4.69, 9.17) is 4.74 Å². The van der Waals surface area contributed by atoms with Gasteiger partial charge >= 0.3 is 0 Å². The van der Waals surface area contributed by atoms with Crippen LogP contribution in [-0.2, 0) is 0 Å². The van der Waals surface area contributed by atoms with Gasteiger partial charge < -0.3 is 9.64 Å². The number of benzene rings is 1. The van der Waals surface area contributed by atoms with Crippen LogP contribution in [0.4, 0.5) is 5.95 Å². The van der Waals surface area contributed by atoms with Gasteiger partial charge in [0.05, 0.1) is 7.11 Å². The van der Waals surface area contributed by atoms with E-state index in [1.807, 2.05) is 44.1 Å². The van der Waals surface area contributed by atoms with Crippen LogP contribution in [0, 0.1) is 6.92 Å². The van der Waals surface area contributed by atoms with Gasteiger partial charge in [-0.05, 0) is 36.7 Å². The van der Waals surface area contributed by atoms with E-state index in [-0.39, 0.29) is 0 Å². The molecule has 2 heterocycles. The predicted molar refractivity (Wildman–Crippen MR) is 86.3 cm³/mol. The van der Waals surface area contributed by atoms with E-state index in [1.165, 1.54) is 11.5 Å². The van der Waals surface area contributed by atoms with Crippen molar-refractivity contribution in [3.8, 4) is 16.3 Å². The third-order valence-electron chi connectivity index (χ3n) is 3.23. The van der Waals surface area contributed by atoms with Gasteiger partial charge in [-0.25, -0.2) is 4.98 Å². The quantitative estimate of drug-likeness (QED) is 0.744. The highest BCUT2D eigenvalue weighted by Crippen LogP contribution is 2.34. The SMILES string of the molecule is COc1ccc(-c2nc(N(C)C)ns2)c2ccc(C)nc12. The first kappa shape index (κ1) is 13.8. The normalized spacial score (nSPS) is 10.9. The molecule has 0 aliphatic heterocycles. The summed E-state index contributed by atoms with van der Waals surface area (Å²) in [4.78, 5) is 11.1. The molecule has 0 atom stereocenters. The molecule has 0 aliphatic rings. The molecule has 0 saturated heterocycles. The lowest BCUT2D eigenvalue weighted by Gasteiger charge is -2.09. The van der Waals surface area contributed by atoms with Crippen LogP contribution >= 0.6 is 11.5 Å². The molecule has 3 aromatic rings.